The van der Waals surface area contributed by atoms with E-state index in [0.29, 0.717) is 12.6 Å². The van der Waals surface area contributed by atoms with Crippen LogP contribution in [-0.4, -0.2) is 26.4 Å². The van der Waals surface area contributed by atoms with Crippen molar-refractivity contribution in [1.82, 2.24) is 5.32 Å². The molecular weight excluding hydrogens is 214 g/mol. The molecule has 0 saturated carbocycles. The first kappa shape index (κ1) is 12.4. The smallest absolute Gasteiger partial charge is 0.122 e. The summed E-state index contributed by atoms with van der Waals surface area (Å²) in [6.45, 7) is 3.73. The van der Waals surface area contributed by atoms with Crippen LogP contribution in [0.25, 0.3) is 0 Å². The van der Waals surface area contributed by atoms with Gasteiger partial charge in [-0.15, -0.1) is 0 Å². The average Bonchev–Trinajstić information content (AvgIpc) is 2.39. The highest BCUT2D eigenvalue weighted by Gasteiger charge is 2.15. The van der Waals surface area contributed by atoms with E-state index < -0.39 is 0 Å². The minimum Gasteiger partial charge on any atom is -0.488 e. The third-order valence-electron chi connectivity index (χ3n) is 3.21. The van der Waals surface area contributed by atoms with Crippen LogP contribution in [0, 0.1) is 0 Å². The van der Waals surface area contributed by atoms with Gasteiger partial charge in [-0.1, -0.05) is 12.1 Å². The van der Waals surface area contributed by atoms with Crippen molar-refractivity contribution in [3.05, 3.63) is 29.8 Å². The zero-order valence-electron chi connectivity index (χ0n) is 10.6. The number of hydrogen-bond acceptors (Lipinski definition) is 3. The number of ether oxygens (including phenoxy) is 2. The molecule has 94 valence electrons. The van der Waals surface area contributed by atoms with Gasteiger partial charge in [-0.3, -0.25) is 0 Å². The van der Waals surface area contributed by atoms with E-state index in [0.717, 1.165) is 25.2 Å². The van der Waals surface area contributed by atoms with E-state index in [1.54, 1.807) is 0 Å². The molecule has 1 saturated heterocycles. The molecule has 0 aromatic heterocycles. The molecule has 0 amide bonds. The van der Waals surface area contributed by atoms with Crippen LogP contribution < -0.4 is 10.1 Å². The Bertz CT molecular complexity index is 348. The van der Waals surface area contributed by atoms with Crippen molar-refractivity contribution in [2.45, 2.75) is 31.9 Å². The highest BCUT2D eigenvalue weighted by molar-refractivity contribution is 5.30. The van der Waals surface area contributed by atoms with Gasteiger partial charge in [-0.25, -0.2) is 0 Å². The van der Waals surface area contributed by atoms with Crippen LogP contribution in [0.3, 0.4) is 0 Å². The van der Waals surface area contributed by atoms with Gasteiger partial charge in [-0.05, 0) is 44.5 Å². The second kappa shape index (κ2) is 6.03. The van der Waals surface area contributed by atoms with Crippen LogP contribution in [-0.2, 0) is 4.74 Å². The molecular formula is C14H21NO2. The van der Waals surface area contributed by atoms with Crippen molar-refractivity contribution in [3.8, 4) is 5.75 Å². The van der Waals surface area contributed by atoms with Gasteiger partial charge in [0.2, 0.25) is 0 Å². The molecule has 0 bridgehead atoms. The van der Waals surface area contributed by atoms with Gasteiger partial charge in [0.05, 0.1) is 6.61 Å². The Labute approximate surface area is 103 Å². The topological polar surface area (TPSA) is 30.5 Å². The fourth-order valence-electron chi connectivity index (χ4n) is 2.02. The first-order valence-electron chi connectivity index (χ1n) is 6.31. The SMILES string of the molecule is CNC(C)c1cccc(OC2CCCOC2)c1. The van der Waals surface area contributed by atoms with Crippen LogP contribution in [0.1, 0.15) is 31.4 Å². The van der Waals surface area contributed by atoms with Crippen molar-refractivity contribution in [2.24, 2.45) is 0 Å². The first-order valence-corrected chi connectivity index (χ1v) is 6.31. The fraction of sp³-hybridized carbons (Fsp3) is 0.571. The molecule has 1 aliphatic heterocycles. The quantitative estimate of drug-likeness (QED) is 0.870. The third kappa shape index (κ3) is 3.45. The molecule has 0 radical (unpaired) electrons. The summed E-state index contributed by atoms with van der Waals surface area (Å²) >= 11 is 0. The largest absolute Gasteiger partial charge is 0.488 e. The summed E-state index contributed by atoms with van der Waals surface area (Å²) < 4.78 is 11.4. The van der Waals surface area contributed by atoms with Gasteiger partial charge in [-0.2, -0.15) is 0 Å². The highest BCUT2D eigenvalue weighted by Crippen LogP contribution is 2.21. The van der Waals surface area contributed by atoms with Gasteiger partial charge >= 0.3 is 0 Å². The Morgan fingerprint density at radius 2 is 2.35 bits per heavy atom. The monoisotopic (exact) mass is 235 g/mol. The van der Waals surface area contributed by atoms with Crippen molar-refractivity contribution < 1.29 is 9.47 Å². The maximum Gasteiger partial charge on any atom is 0.122 e. The van der Waals surface area contributed by atoms with Gasteiger partial charge < -0.3 is 14.8 Å². The molecule has 1 aliphatic rings. The number of nitrogens with one attached hydrogen (secondary N) is 1. The van der Waals surface area contributed by atoms with Crippen LogP contribution >= 0.6 is 0 Å². The van der Waals surface area contributed by atoms with Crippen molar-refractivity contribution >= 4 is 0 Å². The lowest BCUT2D eigenvalue weighted by Crippen LogP contribution is -2.28. The summed E-state index contributed by atoms with van der Waals surface area (Å²) in [6, 6.07) is 8.63. The Morgan fingerprint density at radius 3 is 3.06 bits per heavy atom. The average molecular weight is 235 g/mol. The molecule has 2 unspecified atom stereocenters. The molecule has 2 rings (SSSR count). The Hall–Kier alpha value is -1.06. The number of hydrogen-bond donors (Lipinski definition) is 1. The molecule has 1 N–H and O–H groups in total. The van der Waals surface area contributed by atoms with Crippen molar-refractivity contribution in [2.75, 3.05) is 20.3 Å². The van der Waals surface area contributed by atoms with Crippen LogP contribution in [0.4, 0.5) is 0 Å². The lowest BCUT2D eigenvalue weighted by molar-refractivity contribution is 0.00739. The van der Waals surface area contributed by atoms with Crippen molar-refractivity contribution in [1.29, 1.82) is 0 Å². The van der Waals surface area contributed by atoms with Crippen LogP contribution in [0.2, 0.25) is 0 Å². The zero-order chi connectivity index (χ0) is 12.1. The normalized spacial score (nSPS) is 22.1. The summed E-state index contributed by atoms with van der Waals surface area (Å²) in [4.78, 5) is 0. The lowest BCUT2D eigenvalue weighted by Gasteiger charge is -2.23. The van der Waals surface area contributed by atoms with E-state index in [9.17, 15) is 0 Å². The lowest BCUT2D eigenvalue weighted by atomic mass is 10.1. The zero-order valence-corrected chi connectivity index (χ0v) is 10.6. The van der Waals surface area contributed by atoms with E-state index in [4.69, 9.17) is 9.47 Å². The van der Waals surface area contributed by atoms with Crippen molar-refractivity contribution in [3.63, 3.8) is 0 Å². The first-order chi connectivity index (χ1) is 8.29. The standard InChI is InChI=1S/C14H21NO2/c1-11(15-2)12-5-3-6-13(9-12)17-14-7-4-8-16-10-14/h3,5-6,9,11,14-15H,4,7-8,10H2,1-2H3. The molecule has 3 heteroatoms. The van der Waals surface area contributed by atoms with E-state index >= 15 is 0 Å². The molecule has 2 atom stereocenters. The van der Waals surface area contributed by atoms with E-state index in [1.807, 2.05) is 19.2 Å². The Kier molecular flexibility index (Phi) is 4.40. The summed E-state index contributed by atoms with van der Waals surface area (Å²) in [5.74, 6) is 0.945. The number of rotatable bonds is 4. The van der Waals surface area contributed by atoms with E-state index in [-0.39, 0.29) is 6.10 Å². The van der Waals surface area contributed by atoms with Gasteiger partial charge in [0, 0.05) is 12.6 Å². The molecule has 0 spiro atoms. The molecule has 17 heavy (non-hydrogen) atoms. The van der Waals surface area contributed by atoms with E-state index in [1.165, 1.54) is 5.56 Å². The van der Waals surface area contributed by atoms with Gasteiger partial charge in [0.1, 0.15) is 11.9 Å². The molecule has 1 fully saturated rings. The fourth-order valence-corrected chi connectivity index (χ4v) is 2.02. The highest BCUT2D eigenvalue weighted by atomic mass is 16.5. The number of benzene rings is 1. The van der Waals surface area contributed by atoms with Crippen LogP contribution in [0.15, 0.2) is 24.3 Å². The Morgan fingerprint density at radius 1 is 1.47 bits per heavy atom. The Balaban J connectivity index is 2.00. The molecule has 1 aromatic rings. The summed E-state index contributed by atoms with van der Waals surface area (Å²) in [7, 11) is 1.97. The molecule has 1 heterocycles. The summed E-state index contributed by atoms with van der Waals surface area (Å²) in [5.41, 5.74) is 1.25. The summed E-state index contributed by atoms with van der Waals surface area (Å²) in [6.07, 6.45) is 2.40. The van der Waals surface area contributed by atoms with Crippen LogP contribution in [0.5, 0.6) is 5.75 Å². The minimum atomic E-state index is 0.212. The second-order valence-electron chi connectivity index (χ2n) is 4.54. The summed E-state index contributed by atoms with van der Waals surface area (Å²) in [5, 5.41) is 3.23. The van der Waals surface area contributed by atoms with E-state index in [2.05, 4.69) is 24.4 Å². The predicted octanol–water partition coefficient (Wildman–Crippen LogP) is 2.52. The maximum atomic E-state index is 5.94. The third-order valence-corrected chi connectivity index (χ3v) is 3.21. The molecule has 0 aliphatic carbocycles. The van der Waals surface area contributed by atoms with Gasteiger partial charge in [0.15, 0.2) is 0 Å². The van der Waals surface area contributed by atoms with Gasteiger partial charge in [0.25, 0.3) is 0 Å². The molecule has 3 nitrogen and oxygen atoms in total. The predicted molar refractivity (Wildman–Crippen MR) is 68.4 cm³/mol. The second-order valence-corrected chi connectivity index (χ2v) is 4.54. The molecule has 1 aromatic carbocycles. The maximum absolute atomic E-state index is 5.94. The minimum absolute atomic E-state index is 0.212.